The molecular formula is C45H53NO14. The summed E-state index contributed by atoms with van der Waals surface area (Å²) in [6, 6.07) is 14.9. The predicted octanol–water partition coefficient (Wildman–Crippen LogP) is 4.47. The number of ether oxygens (including phenoxy) is 6. The van der Waals surface area contributed by atoms with Gasteiger partial charge in [0.05, 0.1) is 24.1 Å². The Morgan fingerprint density at radius 1 is 0.900 bits per heavy atom. The average Bonchev–Trinajstić information content (AvgIpc) is 3.90. The van der Waals surface area contributed by atoms with E-state index in [1.54, 1.807) is 90.1 Å². The van der Waals surface area contributed by atoms with Crippen LogP contribution in [0.15, 0.2) is 71.8 Å². The van der Waals surface area contributed by atoms with E-state index in [4.69, 9.17) is 28.4 Å². The summed E-state index contributed by atoms with van der Waals surface area (Å²) in [5.41, 5.74) is -6.79. The van der Waals surface area contributed by atoms with E-state index in [0.717, 1.165) is 6.92 Å². The Kier molecular flexibility index (Phi) is 10.8. The molecule has 5 aliphatic rings. The van der Waals surface area contributed by atoms with Crippen molar-refractivity contribution >= 4 is 35.8 Å². The lowest BCUT2D eigenvalue weighted by molar-refractivity contribution is -0.323. The molecule has 1 saturated heterocycles. The van der Waals surface area contributed by atoms with E-state index in [1.165, 1.54) is 19.1 Å². The maximum atomic E-state index is 15.4. The third kappa shape index (κ3) is 7.07. The van der Waals surface area contributed by atoms with Crippen LogP contribution in [0.2, 0.25) is 0 Å². The Balaban J connectivity index is 1.37. The Labute approximate surface area is 348 Å². The van der Waals surface area contributed by atoms with E-state index in [0.29, 0.717) is 12.0 Å². The molecule has 2 aromatic rings. The molecule has 15 nitrogen and oxygen atoms in total. The standard InChI is InChI=1S/C45H53NO14/c1-23-29(57-39(52)33(49)32(26-15-11-9-12-16-26)46-40(53)60-41(4,5)6)21-45(54)37(58-38(51)27-17-13-10-14-18-27)35-43(36(50)34(56-24(2)47)31(23)42(45,7)8)20-28(43)19-30-44(35,22-55-30)59-25(3)48/h9-18,28-30,32-35,37,49,54H,19-22H2,1-8H3,(H,46,53)/t28-,29?,30-,32?,33?,34-,35?,37?,43-,44+,45-/m1/s1. The van der Waals surface area contributed by atoms with Gasteiger partial charge in [0.1, 0.15) is 29.5 Å². The first-order chi connectivity index (χ1) is 28.1. The lowest BCUT2D eigenvalue weighted by Crippen LogP contribution is -2.78. The number of carbonyl (C=O) groups is 6. The molecule has 2 aromatic carbocycles. The lowest BCUT2D eigenvalue weighted by atomic mass is 9.48. The molecule has 2 bridgehead atoms. The molecule has 1 amide bonds. The molecule has 15 heteroatoms. The number of fused-ring (bicyclic) bond motifs is 4. The highest BCUT2D eigenvalue weighted by atomic mass is 16.6. The minimum Gasteiger partial charge on any atom is -0.456 e. The molecule has 0 radical (unpaired) electrons. The molecule has 4 fully saturated rings. The van der Waals surface area contributed by atoms with Gasteiger partial charge in [-0.3, -0.25) is 14.4 Å². The van der Waals surface area contributed by atoms with Crippen LogP contribution in [-0.2, 0) is 47.6 Å². The molecule has 7 rings (SSSR count). The van der Waals surface area contributed by atoms with Gasteiger partial charge >= 0.3 is 30.0 Å². The topological polar surface area (TPSA) is 210 Å². The maximum absolute atomic E-state index is 15.4. The first-order valence-corrected chi connectivity index (χ1v) is 20.2. The van der Waals surface area contributed by atoms with Crippen LogP contribution >= 0.6 is 0 Å². The van der Waals surface area contributed by atoms with E-state index in [1.807, 2.05) is 0 Å². The van der Waals surface area contributed by atoms with Crippen LogP contribution in [0, 0.1) is 22.7 Å². The van der Waals surface area contributed by atoms with Crippen LogP contribution in [0.4, 0.5) is 4.79 Å². The van der Waals surface area contributed by atoms with Crippen molar-refractivity contribution in [3.8, 4) is 0 Å². The molecule has 60 heavy (non-hydrogen) atoms. The van der Waals surface area contributed by atoms with Crippen molar-refractivity contribution in [2.24, 2.45) is 22.7 Å². The summed E-state index contributed by atoms with van der Waals surface area (Å²) in [6.45, 7) is 12.0. The zero-order valence-corrected chi connectivity index (χ0v) is 35.0. The maximum Gasteiger partial charge on any atom is 0.408 e. The van der Waals surface area contributed by atoms with Gasteiger partial charge in [-0.1, -0.05) is 62.4 Å². The van der Waals surface area contributed by atoms with E-state index in [2.05, 4.69) is 5.32 Å². The third-order valence-corrected chi connectivity index (χ3v) is 13.2. The largest absolute Gasteiger partial charge is 0.456 e. The number of esters is 4. The summed E-state index contributed by atoms with van der Waals surface area (Å²) >= 11 is 0. The second-order valence-corrected chi connectivity index (χ2v) is 18.3. The minimum absolute atomic E-state index is 0.128. The second-order valence-electron chi connectivity index (χ2n) is 18.3. The number of alkyl carbamates (subject to hydrolysis) is 1. The molecule has 1 spiro atoms. The van der Waals surface area contributed by atoms with Crippen LogP contribution in [0.3, 0.4) is 0 Å². The monoisotopic (exact) mass is 831 g/mol. The van der Waals surface area contributed by atoms with Gasteiger partial charge in [-0.15, -0.1) is 0 Å². The number of benzene rings is 2. The Morgan fingerprint density at radius 3 is 2.10 bits per heavy atom. The quantitative estimate of drug-likeness (QED) is 0.181. The van der Waals surface area contributed by atoms with Gasteiger partial charge in [-0.2, -0.15) is 0 Å². The molecule has 3 saturated carbocycles. The number of aliphatic hydroxyl groups is 2. The van der Waals surface area contributed by atoms with E-state index in [9.17, 15) is 34.2 Å². The van der Waals surface area contributed by atoms with Gasteiger partial charge in [0.2, 0.25) is 0 Å². The summed E-state index contributed by atoms with van der Waals surface area (Å²) in [7, 11) is 0. The number of Topliss-reactive ketones (excluding diaryl/α,β-unsaturated/α-hetero) is 1. The van der Waals surface area contributed by atoms with Gasteiger partial charge in [-0.05, 0) is 75.3 Å². The number of ketones is 1. The van der Waals surface area contributed by atoms with Crippen molar-refractivity contribution in [2.45, 2.75) is 128 Å². The fourth-order valence-corrected chi connectivity index (χ4v) is 10.4. The smallest absolute Gasteiger partial charge is 0.408 e. The number of hydrogen-bond donors (Lipinski definition) is 3. The summed E-state index contributed by atoms with van der Waals surface area (Å²) in [6.07, 6.45) is -8.18. The molecule has 1 heterocycles. The van der Waals surface area contributed by atoms with Crippen molar-refractivity contribution in [3.63, 3.8) is 0 Å². The first kappa shape index (κ1) is 43.0. The summed E-state index contributed by atoms with van der Waals surface area (Å²) in [4.78, 5) is 82.8. The molecular weight excluding hydrogens is 778 g/mol. The Bertz CT molecular complexity index is 2110. The summed E-state index contributed by atoms with van der Waals surface area (Å²) < 4.78 is 36.0. The fraction of sp³-hybridized carbons (Fsp3) is 0.556. The molecule has 3 N–H and O–H groups in total. The molecule has 1 aliphatic heterocycles. The minimum atomic E-state index is -2.25. The zero-order valence-electron chi connectivity index (χ0n) is 35.0. The predicted molar refractivity (Wildman–Crippen MR) is 210 cm³/mol. The fourth-order valence-electron chi connectivity index (χ4n) is 10.4. The lowest BCUT2D eigenvalue weighted by Gasteiger charge is -2.64. The number of amides is 1. The SMILES string of the molecule is CC(=O)O[C@H]1C(=O)[C@]23C[C@H]2C[C@H]2OC[C@@]2(OC(C)=O)C3C(OC(=O)c2ccccc2)[C@]2(O)CC(OC(=O)C(O)C(NC(=O)OC(C)(C)C)c3ccccc3)C(C)=C1C2(C)C. The number of hydrogen-bond acceptors (Lipinski definition) is 14. The Hall–Kier alpha value is -5.12. The number of carbonyl (C=O) groups excluding carboxylic acids is 6. The van der Waals surface area contributed by atoms with E-state index < -0.39 is 112 Å². The van der Waals surface area contributed by atoms with Crippen molar-refractivity contribution in [3.05, 3.63) is 82.9 Å². The molecule has 322 valence electrons. The average molecular weight is 832 g/mol. The van der Waals surface area contributed by atoms with Gasteiger partial charge in [0.25, 0.3) is 0 Å². The number of nitrogens with one attached hydrogen (secondary N) is 1. The van der Waals surface area contributed by atoms with Crippen molar-refractivity contribution in [1.29, 1.82) is 0 Å². The van der Waals surface area contributed by atoms with E-state index in [-0.39, 0.29) is 35.7 Å². The van der Waals surface area contributed by atoms with Gasteiger partial charge in [0.15, 0.2) is 23.6 Å². The van der Waals surface area contributed by atoms with Crippen molar-refractivity contribution in [2.75, 3.05) is 6.61 Å². The normalized spacial score (nSPS) is 33.3. The van der Waals surface area contributed by atoms with Crippen LogP contribution in [0.5, 0.6) is 0 Å². The summed E-state index contributed by atoms with van der Waals surface area (Å²) in [5.74, 6) is -5.65. The molecule has 11 atom stereocenters. The highest BCUT2D eigenvalue weighted by Crippen LogP contribution is 2.74. The van der Waals surface area contributed by atoms with Gasteiger partial charge in [-0.25, -0.2) is 14.4 Å². The number of aliphatic hydroxyl groups excluding tert-OH is 1. The van der Waals surface area contributed by atoms with Gasteiger partial charge < -0.3 is 44.0 Å². The third-order valence-electron chi connectivity index (χ3n) is 13.2. The highest BCUT2D eigenvalue weighted by Gasteiger charge is 2.84. The van der Waals surface area contributed by atoms with Crippen LogP contribution in [0.1, 0.15) is 96.6 Å². The highest BCUT2D eigenvalue weighted by molar-refractivity contribution is 5.97. The molecule has 0 aromatic heterocycles. The zero-order chi connectivity index (χ0) is 43.7. The Morgan fingerprint density at radius 2 is 1.53 bits per heavy atom. The number of rotatable bonds is 9. The van der Waals surface area contributed by atoms with Crippen molar-refractivity contribution in [1.82, 2.24) is 5.32 Å². The molecule has 5 unspecified atom stereocenters. The van der Waals surface area contributed by atoms with Crippen LogP contribution < -0.4 is 5.32 Å². The van der Waals surface area contributed by atoms with Gasteiger partial charge in [0, 0.05) is 31.1 Å². The first-order valence-electron chi connectivity index (χ1n) is 20.2. The second kappa shape index (κ2) is 15.1. The molecule has 4 aliphatic carbocycles. The van der Waals surface area contributed by atoms with Crippen LogP contribution in [0.25, 0.3) is 0 Å². The van der Waals surface area contributed by atoms with Crippen LogP contribution in [-0.4, -0.2) is 99.9 Å². The summed E-state index contributed by atoms with van der Waals surface area (Å²) in [5, 5.41) is 27.9. The van der Waals surface area contributed by atoms with E-state index >= 15 is 4.79 Å². The van der Waals surface area contributed by atoms with Crippen molar-refractivity contribution < 1.29 is 67.4 Å².